The normalized spacial score (nSPS) is 16.3. The van der Waals surface area contributed by atoms with Gasteiger partial charge in [-0.2, -0.15) is 8.42 Å². The van der Waals surface area contributed by atoms with Crippen LogP contribution in [0.25, 0.3) is 0 Å². The maximum atomic E-state index is 10.8. The van der Waals surface area contributed by atoms with Gasteiger partial charge in [-0.1, -0.05) is 5.10 Å². The molecule has 15 heavy (non-hydrogen) atoms. The second-order valence-corrected chi connectivity index (χ2v) is 4.08. The average Bonchev–Trinajstić information content (AvgIpc) is 2.14. The van der Waals surface area contributed by atoms with Crippen LogP contribution >= 0.6 is 0 Å². The van der Waals surface area contributed by atoms with E-state index in [9.17, 15) is 8.42 Å². The first-order valence-corrected chi connectivity index (χ1v) is 5.61. The molecule has 1 heterocycles. The van der Waals surface area contributed by atoms with Crippen LogP contribution in [-0.4, -0.2) is 40.1 Å². The van der Waals surface area contributed by atoms with Crippen LogP contribution in [-0.2, 0) is 23.9 Å². The van der Waals surface area contributed by atoms with Crippen molar-refractivity contribution in [2.24, 2.45) is 5.10 Å². The molecule has 0 aromatic carbocycles. The van der Waals surface area contributed by atoms with Crippen LogP contribution in [0.3, 0.4) is 0 Å². The summed E-state index contributed by atoms with van der Waals surface area (Å²) in [6, 6.07) is 0. The molecule has 1 aliphatic heterocycles. The molecule has 86 valence electrons. The van der Waals surface area contributed by atoms with Crippen molar-refractivity contribution in [1.82, 2.24) is 10.7 Å². The van der Waals surface area contributed by atoms with E-state index in [1.807, 2.05) is 0 Å². The minimum Gasteiger partial charge on any atom is -0.481 e. The lowest BCUT2D eigenvalue weighted by atomic mass is 10.5. The average molecular weight is 237 g/mol. The molecule has 0 amide bonds. The maximum Gasteiger partial charge on any atom is 0.288 e. The molecule has 0 fully saturated rings. The second kappa shape index (κ2) is 4.36. The summed E-state index contributed by atoms with van der Waals surface area (Å²) >= 11 is 0. The van der Waals surface area contributed by atoms with Crippen LogP contribution in [0.4, 0.5) is 0 Å². The summed E-state index contributed by atoms with van der Waals surface area (Å²) in [5.41, 5.74) is 2.43. The van der Waals surface area contributed by atoms with Gasteiger partial charge in [-0.3, -0.25) is 0 Å². The molecule has 0 unspecified atom stereocenters. The van der Waals surface area contributed by atoms with E-state index in [0.717, 1.165) is 6.26 Å². The Morgan fingerprint density at radius 3 is 2.53 bits per heavy atom. The van der Waals surface area contributed by atoms with Gasteiger partial charge < -0.3 is 9.47 Å². The number of rotatable bonds is 3. The van der Waals surface area contributed by atoms with Crippen molar-refractivity contribution in [3.8, 4) is 0 Å². The molecule has 0 saturated heterocycles. The van der Waals surface area contributed by atoms with Gasteiger partial charge in [-0.15, -0.1) is 4.28 Å². The van der Waals surface area contributed by atoms with Gasteiger partial charge in [0.1, 0.15) is 0 Å². The third kappa shape index (κ3) is 3.64. The van der Waals surface area contributed by atoms with Crippen LogP contribution in [0.2, 0.25) is 0 Å². The standard InChI is InChI=1S/C6H11N3O5S/c1-12-5-4-6(13-2)8-9(7-5)14-15(3,10)11/h4,7H,1-3H3. The fourth-order valence-electron chi connectivity index (χ4n) is 0.750. The molecule has 0 bridgehead atoms. The van der Waals surface area contributed by atoms with Crippen molar-refractivity contribution in [1.29, 1.82) is 0 Å². The largest absolute Gasteiger partial charge is 0.481 e. The molecule has 1 N–H and O–H groups in total. The predicted octanol–water partition coefficient (Wildman–Crippen LogP) is -0.854. The number of methoxy groups -OCH3 is 2. The molecule has 0 saturated carbocycles. The van der Waals surface area contributed by atoms with Crippen molar-refractivity contribution in [2.45, 2.75) is 0 Å². The molecule has 0 aromatic heterocycles. The third-order valence-corrected chi connectivity index (χ3v) is 1.70. The molecule has 0 atom stereocenters. The van der Waals surface area contributed by atoms with E-state index in [1.165, 1.54) is 20.3 Å². The number of hydrazone groups is 1. The molecule has 9 heteroatoms. The van der Waals surface area contributed by atoms with Gasteiger partial charge in [-0.25, -0.2) is 5.43 Å². The molecule has 0 spiro atoms. The molecule has 8 nitrogen and oxygen atoms in total. The van der Waals surface area contributed by atoms with Gasteiger partial charge in [0.25, 0.3) is 10.1 Å². The Morgan fingerprint density at radius 1 is 1.40 bits per heavy atom. The summed E-state index contributed by atoms with van der Waals surface area (Å²) in [6.45, 7) is 0. The Morgan fingerprint density at radius 2 is 2.07 bits per heavy atom. The van der Waals surface area contributed by atoms with Crippen LogP contribution < -0.4 is 5.43 Å². The van der Waals surface area contributed by atoms with Crippen molar-refractivity contribution < 1.29 is 22.2 Å². The highest BCUT2D eigenvalue weighted by atomic mass is 32.2. The number of ether oxygens (including phenoxy) is 2. The third-order valence-electron chi connectivity index (χ3n) is 1.28. The zero-order chi connectivity index (χ0) is 11.5. The smallest absolute Gasteiger partial charge is 0.288 e. The minimum absolute atomic E-state index is 0.147. The second-order valence-electron chi connectivity index (χ2n) is 2.52. The topological polar surface area (TPSA) is 89.5 Å². The first-order chi connectivity index (χ1) is 6.94. The summed E-state index contributed by atoms with van der Waals surface area (Å²) in [6.07, 6.45) is 2.32. The number of nitrogens with zero attached hydrogens (tertiary/aromatic N) is 2. The van der Waals surface area contributed by atoms with Crippen LogP contribution in [0.15, 0.2) is 17.1 Å². The minimum atomic E-state index is -3.67. The van der Waals surface area contributed by atoms with E-state index in [1.54, 1.807) is 0 Å². The highest BCUT2D eigenvalue weighted by Crippen LogP contribution is 2.05. The number of nitrogens with one attached hydrogen (secondary N) is 1. The van der Waals surface area contributed by atoms with Gasteiger partial charge in [-0.05, 0) is 5.28 Å². The van der Waals surface area contributed by atoms with E-state index in [0.29, 0.717) is 5.28 Å². The summed E-state index contributed by atoms with van der Waals surface area (Å²) in [7, 11) is -0.889. The Kier molecular flexibility index (Phi) is 3.37. The molecule has 0 aliphatic carbocycles. The summed E-state index contributed by atoms with van der Waals surface area (Å²) in [4.78, 5) is 0. The molecular formula is C6H11N3O5S. The number of hydrogen-bond acceptors (Lipinski definition) is 8. The quantitative estimate of drug-likeness (QED) is 0.683. The number of hydrazine groups is 1. The van der Waals surface area contributed by atoms with E-state index in [2.05, 4.69) is 14.8 Å². The molecule has 1 rings (SSSR count). The predicted molar refractivity (Wildman–Crippen MR) is 50.4 cm³/mol. The Hall–Kier alpha value is -1.48. The Labute approximate surface area is 87.1 Å². The summed E-state index contributed by atoms with van der Waals surface area (Å²) < 4.78 is 35.7. The van der Waals surface area contributed by atoms with Crippen molar-refractivity contribution in [3.05, 3.63) is 12.0 Å². The first kappa shape index (κ1) is 11.6. The van der Waals surface area contributed by atoms with Gasteiger partial charge >= 0.3 is 0 Å². The molecule has 0 radical (unpaired) electrons. The molecule has 0 aromatic rings. The Bertz CT molecular complexity index is 388. The van der Waals surface area contributed by atoms with Crippen molar-refractivity contribution in [2.75, 3.05) is 20.5 Å². The molecular weight excluding hydrogens is 226 g/mol. The van der Waals surface area contributed by atoms with Crippen LogP contribution in [0.5, 0.6) is 0 Å². The fourth-order valence-corrected chi connectivity index (χ4v) is 1.08. The van der Waals surface area contributed by atoms with E-state index < -0.39 is 10.1 Å². The SMILES string of the molecule is COC1=CC(OC)=NN(OS(C)(=O)=O)N1. The lowest BCUT2D eigenvalue weighted by Crippen LogP contribution is -2.39. The first-order valence-electron chi connectivity index (χ1n) is 3.79. The zero-order valence-corrected chi connectivity index (χ0v) is 9.24. The van der Waals surface area contributed by atoms with Crippen LogP contribution in [0.1, 0.15) is 0 Å². The number of hydrogen-bond donors (Lipinski definition) is 1. The maximum absolute atomic E-state index is 10.8. The summed E-state index contributed by atoms with van der Waals surface area (Å²) in [5, 5.41) is 4.27. The molecule has 1 aliphatic rings. The zero-order valence-electron chi connectivity index (χ0n) is 8.42. The van der Waals surface area contributed by atoms with Crippen LogP contribution in [0, 0.1) is 0 Å². The van der Waals surface area contributed by atoms with Gasteiger partial charge in [0.05, 0.1) is 26.6 Å². The van der Waals surface area contributed by atoms with E-state index in [4.69, 9.17) is 9.47 Å². The monoisotopic (exact) mass is 237 g/mol. The van der Waals surface area contributed by atoms with Crippen molar-refractivity contribution >= 4 is 16.0 Å². The lowest BCUT2D eigenvalue weighted by Gasteiger charge is -2.22. The Balaban J connectivity index is 2.79. The van der Waals surface area contributed by atoms with Crippen molar-refractivity contribution in [3.63, 3.8) is 0 Å². The lowest BCUT2D eigenvalue weighted by molar-refractivity contribution is -0.105. The highest BCUT2D eigenvalue weighted by molar-refractivity contribution is 7.85. The highest BCUT2D eigenvalue weighted by Gasteiger charge is 2.18. The van der Waals surface area contributed by atoms with Gasteiger partial charge in [0.2, 0.25) is 11.8 Å². The van der Waals surface area contributed by atoms with Gasteiger partial charge in [0, 0.05) is 0 Å². The fraction of sp³-hybridized carbons (Fsp3) is 0.500. The van der Waals surface area contributed by atoms with E-state index >= 15 is 0 Å². The summed E-state index contributed by atoms with van der Waals surface area (Å²) in [5.74, 6) is 0.389. The van der Waals surface area contributed by atoms with Gasteiger partial charge in [0.15, 0.2) is 0 Å². The van der Waals surface area contributed by atoms with E-state index in [-0.39, 0.29) is 11.8 Å².